The Labute approximate surface area is 120 Å². The lowest BCUT2D eigenvalue weighted by Crippen LogP contribution is -2.37. The van der Waals surface area contributed by atoms with Crippen LogP contribution in [-0.4, -0.2) is 29.8 Å². The molecule has 1 aliphatic carbocycles. The summed E-state index contributed by atoms with van der Waals surface area (Å²) in [5.41, 5.74) is -0.0631. The molecule has 0 bridgehead atoms. The van der Waals surface area contributed by atoms with Crippen molar-refractivity contribution in [2.75, 3.05) is 13.2 Å². The Morgan fingerprint density at radius 2 is 1.90 bits per heavy atom. The Morgan fingerprint density at radius 3 is 2.50 bits per heavy atom. The molecule has 1 aromatic carbocycles. The van der Waals surface area contributed by atoms with Crippen LogP contribution < -0.4 is 10.1 Å². The van der Waals surface area contributed by atoms with Crippen molar-refractivity contribution in [3.05, 3.63) is 29.8 Å². The van der Waals surface area contributed by atoms with E-state index >= 15 is 0 Å². The highest BCUT2D eigenvalue weighted by atomic mass is 16.5. The van der Waals surface area contributed by atoms with Gasteiger partial charge in [-0.2, -0.15) is 0 Å². The largest absolute Gasteiger partial charge is 0.491 e. The summed E-state index contributed by atoms with van der Waals surface area (Å²) in [6, 6.07) is 7.03. The van der Waals surface area contributed by atoms with E-state index in [4.69, 9.17) is 4.74 Å². The van der Waals surface area contributed by atoms with Crippen molar-refractivity contribution in [3.8, 4) is 5.75 Å². The van der Waals surface area contributed by atoms with Crippen LogP contribution in [0.2, 0.25) is 0 Å². The second-order valence-corrected chi connectivity index (χ2v) is 5.46. The van der Waals surface area contributed by atoms with Crippen molar-refractivity contribution in [3.63, 3.8) is 0 Å². The highest BCUT2D eigenvalue weighted by Crippen LogP contribution is 2.28. The lowest BCUT2D eigenvalue weighted by molar-refractivity contribution is -0.0339. The lowest BCUT2D eigenvalue weighted by Gasteiger charge is -2.31. The van der Waals surface area contributed by atoms with Crippen molar-refractivity contribution in [2.45, 2.75) is 44.6 Å². The molecule has 0 heterocycles. The molecule has 0 radical (unpaired) electrons. The number of nitrogens with one attached hydrogen (secondary N) is 1. The maximum Gasteiger partial charge on any atom is 0.251 e. The second kappa shape index (κ2) is 6.75. The molecule has 2 N–H and O–H groups in total. The van der Waals surface area contributed by atoms with Crippen LogP contribution in [0.25, 0.3) is 0 Å². The zero-order chi connectivity index (χ0) is 14.4. The van der Waals surface area contributed by atoms with E-state index in [1.165, 1.54) is 6.42 Å². The molecule has 1 fully saturated rings. The monoisotopic (exact) mass is 277 g/mol. The van der Waals surface area contributed by atoms with E-state index in [1.54, 1.807) is 24.3 Å². The molecule has 4 heteroatoms. The van der Waals surface area contributed by atoms with E-state index in [0.29, 0.717) is 24.5 Å². The zero-order valence-electron chi connectivity index (χ0n) is 12.0. The van der Waals surface area contributed by atoms with E-state index in [0.717, 1.165) is 25.7 Å². The number of carbonyl (C=O) groups excluding carboxylic acids is 1. The Kier molecular flexibility index (Phi) is 5.01. The number of rotatable bonds is 5. The molecule has 0 spiro atoms. The summed E-state index contributed by atoms with van der Waals surface area (Å²) >= 11 is 0. The fraction of sp³-hybridized carbons (Fsp3) is 0.562. The van der Waals surface area contributed by atoms with Gasteiger partial charge >= 0.3 is 0 Å². The standard InChI is InChI=1S/C16H23NO3/c1-2-17-15(18)13-6-8-14(9-7-13)20-12-16(19)10-4-3-5-11-16/h6-9,19H,2-5,10-12H2,1H3,(H,17,18). The Bertz CT molecular complexity index is 436. The van der Waals surface area contributed by atoms with Gasteiger partial charge in [-0.3, -0.25) is 4.79 Å². The molecular formula is C16H23NO3. The lowest BCUT2D eigenvalue weighted by atomic mass is 9.85. The summed E-state index contributed by atoms with van der Waals surface area (Å²) in [6.45, 7) is 2.83. The van der Waals surface area contributed by atoms with Crippen LogP contribution in [0, 0.1) is 0 Å². The highest BCUT2D eigenvalue weighted by Gasteiger charge is 2.29. The molecule has 4 nitrogen and oxygen atoms in total. The fourth-order valence-electron chi connectivity index (χ4n) is 2.54. The predicted molar refractivity (Wildman–Crippen MR) is 78.0 cm³/mol. The Balaban J connectivity index is 1.89. The number of benzene rings is 1. The van der Waals surface area contributed by atoms with E-state index in [-0.39, 0.29) is 5.91 Å². The van der Waals surface area contributed by atoms with Gasteiger partial charge in [0.25, 0.3) is 5.91 Å². The zero-order valence-corrected chi connectivity index (χ0v) is 12.0. The van der Waals surface area contributed by atoms with Crippen LogP contribution in [0.15, 0.2) is 24.3 Å². The number of aliphatic hydroxyl groups is 1. The summed E-state index contributed by atoms with van der Waals surface area (Å²) in [6.07, 6.45) is 4.95. The van der Waals surface area contributed by atoms with Crippen LogP contribution >= 0.6 is 0 Å². The van der Waals surface area contributed by atoms with Crippen molar-refractivity contribution in [2.24, 2.45) is 0 Å². The van der Waals surface area contributed by atoms with E-state index < -0.39 is 5.60 Å². The van der Waals surface area contributed by atoms with Crippen LogP contribution in [0.4, 0.5) is 0 Å². The SMILES string of the molecule is CCNC(=O)c1ccc(OCC2(O)CCCCC2)cc1. The molecular weight excluding hydrogens is 254 g/mol. The average Bonchev–Trinajstić information content (AvgIpc) is 2.47. The minimum Gasteiger partial charge on any atom is -0.491 e. The summed E-state index contributed by atoms with van der Waals surface area (Å²) in [5.74, 6) is 0.613. The molecule has 0 aliphatic heterocycles. The first-order chi connectivity index (χ1) is 9.63. The molecule has 1 saturated carbocycles. The molecule has 0 aromatic heterocycles. The van der Waals surface area contributed by atoms with Gasteiger partial charge in [0.2, 0.25) is 0 Å². The quantitative estimate of drug-likeness (QED) is 0.869. The van der Waals surface area contributed by atoms with Crippen LogP contribution in [-0.2, 0) is 0 Å². The van der Waals surface area contributed by atoms with Gasteiger partial charge in [0, 0.05) is 12.1 Å². The van der Waals surface area contributed by atoms with Gasteiger partial charge in [-0.15, -0.1) is 0 Å². The summed E-state index contributed by atoms with van der Waals surface area (Å²) in [4.78, 5) is 11.6. The molecule has 1 aliphatic rings. The van der Waals surface area contributed by atoms with Gasteiger partial charge in [0.1, 0.15) is 12.4 Å². The highest BCUT2D eigenvalue weighted by molar-refractivity contribution is 5.94. The smallest absolute Gasteiger partial charge is 0.251 e. The van der Waals surface area contributed by atoms with E-state index in [2.05, 4.69) is 5.32 Å². The molecule has 1 aromatic rings. The fourth-order valence-corrected chi connectivity index (χ4v) is 2.54. The predicted octanol–water partition coefficient (Wildman–Crippen LogP) is 2.51. The van der Waals surface area contributed by atoms with E-state index in [1.807, 2.05) is 6.92 Å². The van der Waals surface area contributed by atoms with Crippen LogP contribution in [0.5, 0.6) is 5.75 Å². The Hall–Kier alpha value is -1.55. The number of ether oxygens (including phenoxy) is 1. The normalized spacial score (nSPS) is 17.5. The molecule has 1 amide bonds. The van der Waals surface area contributed by atoms with Gasteiger partial charge in [0.05, 0.1) is 5.60 Å². The van der Waals surface area contributed by atoms with Crippen LogP contribution in [0.3, 0.4) is 0 Å². The second-order valence-electron chi connectivity index (χ2n) is 5.46. The number of hydrogen-bond donors (Lipinski definition) is 2. The maximum absolute atomic E-state index is 11.6. The van der Waals surface area contributed by atoms with Gasteiger partial charge in [-0.1, -0.05) is 19.3 Å². The molecule has 0 unspecified atom stereocenters. The van der Waals surface area contributed by atoms with Crippen molar-refractivity contribution in [1.82, 2.24) is 5.32 Å². The molecule has 0 saturated heterocycles. The number of amides is 1. The Morgan fingerprint density at radius 1 is 1.25 bits per heavy atom. The average molecular weight is 277 g/mol. The van der Waals surface area contributed by atoms with Crippen molar-refractivity contribution < 1.29 is 14.6 Å². The summed E-state index contributed by atoms with van der Waals surface area (Å²) < 4.78 is 5.66. The first-order valence-electron chi connectivity index (χ1n) is 7.36. The van der Waals surface area contributed by atoms with Gasteiger partial charge in [0.15, 0.2) is 0 Å². The minimum absolute atomic E-state index is 0.0787. The van der Waals surface area contributed by atoms with Crippen molar-refractivity contribution in [1.29, 1.82) is 0 Å². The van der Waals surface area contributed by atoms with Gasteiger partial charge < -0.3 is 15.2 Å². The number of hydrogen-bond acceptors (Lipinski definition) is 3. The topological polar surface area (TPSA) is 58.6 Å². The first-order valence-corrected chi connectivity index (χ1v) is 7.36. The molecule has 2 rings (SSSR count). The maximum atomic E-state index is 11.6. The molecule has 0 atom stereocenters. The third-order valence-corrected chi connectivity index (χ3v) is 3.75. The molecule has 20 heavy (non-hydrogen) atoms. The minimum atomic E-state index is -0.684. The summed E-state index contributed by atoms with van der Waals surface area (Å²) in [5, 5.41) is 13.1. The van der Waals surface area contributed by atoms with Gasteiger partial charge in [-0.25, -0.2) is 0 Å². The van der Waals surface area contributed by atoms with E-state index in [9.17, 15) is 9.90 Å². The molecule has 110 valence electrons. The summed E-state index contributed by atoms with van der Waals surface area (Å²) in [7, 11) is 0. The van der Waals surface area contributed by atoms with Crippen LogP contribution in [0.1, 0.15) is 49.4 Å². The third-order valence-electron chi connectivity index (χ3n) is 3.75. The first kappa shape index (κ1) is 14.9. The third kappa shape index (κ3) is 3.97. The number of carbonyl (C=O) groups is 1. The van der Waals surface area contributed by atoms with Gasteiger partial charge in [-0.05, 0) is 44.0 Å². The van der Waals surface area contributed by atoms with Crippen molar-refractivity contribution >= 4 is 5.91 Å².